The van der Waals surface area contributed by atoms with Gasteiger partial charge in [0.2, 0.25) is 23.6 Å². The van der Waals surface area contributed by atoms with Gasteiger partial charge in [-0.3, -0.25) is 29.0 Å². The number of nitrogens with two attached hydrogens (primary N) is 5. The summed E-state index contributed by atoms with van der Waals surface area (Å²) in [6.45, 7) is -0.157. The van der Waals surface area contributed by atoms with Gasteiger partial charge in [0.25, 0.3) is 5.91 Å². The Hall–Kier alpha value is -5.96. The molecule has 0 radical (unpaired) electrons. The molecule has 15 nitrogen and oxygen atoms in total. The number of primary amides is 1. The molecule has 0 heterocycles. The number of nitrogens with zero attached hydrogens (tertiary/aromatic N) is 1. The van der Waals surface area contributed by atoms with E-state index in [4.69, 9.17) is 28.7 Å². The Morgan fingerprint density at radius 2 is 1.18 bits per heavy atom. The zero-order chi connectivity index (χ0) is 35.8. The fourth-order valence-corrected chi connectivity index (χ4v) is 4.83. The summed E-state index contributed by atoms with van der Waals surface area (Å²) in [5, 5.41) is 10.5. The molecule has 49 heavy (non-hydrogen) atoms. The molecule has 0 fully saturated rings. The zero-order valence-corrected chi connectivity index (χ0v) is 27.0. The van der Waals surface area contributed by atoms with Crippen LogP contribution < -0.4 is 49.9 Å². The second-order valence-electron chi connectivity index (χ2n) is 11.3. The molecule has 260 valence electrons. The third-order valence-corrected chi connectivity index (χ3v) is 7.46. The van der Waals surface area contributed by atoms with E-state index in [2.05, 4.69) is 26.3 Å². The van der Waals surface area contributed by atoms with Crippen molar-refractivity contribution in [3.63, 3.8) is 0 Å². The van der Waals surface area contributed by atoms with Gasteiger partial charge in [0, 0.05) is 25.2 Å². The summed E-state index contributed by atoms with van der Waals surface area (Å²) in [7, 11) is 0. The second-order valence-corrected chi connectivity index (χ2v) is 11.3. The number of hydrogen-bond donors (Lipinski definition) is 9. The highest BCUT2D eigenvalue weighted by Gasteiger charge is 2.30. The van der Waals surface area contributed by atoms with Crippen LogP contribution in [-0.4, -0.2) is 72.8 Å². The second kappa shape index (κ2) is 19.0. The van der Waals surface area contributed by atoms with Gasteiger partial charge in [-0.05, 0) is 42.5 Å². The Kier molecular flexibility index (Phi) is 14.5. The van der Waals surface area contributed by atoms with Crippen molar-refractivity contribution in [1.29, 1.82) is 0 Å². The van der Waals surface area contributed by atoms with Crippen molar-refractivity contribution in [1.82, 2.24) is 21.3 Å². The maximum Gasteiger partial charge on any atom is 0.253 e. The molecule has 0 aromatic heterocycles. The molecule has 0 bridgehead atoms. The van der Waals surface area contributed by atoms with E-state index >= 15 is 0 Å². The van der Waals surface area contributed by atoms with Crippen molar-refractivity contribution in [3.8, 4) is 0 Å². The Labute approximate surface area is 284 Å². The normalized spacial score (nSPS) is 13.1. The number of rotatable bonds is 18. The van der Waals surface area contributed by atoms with Crippen LogP contribution in [0.2, 0.25) is 0 Å². The molecule has 4 unspecified atom stereocenters. The van der Waals surface area contributed by atoms with E-state index < -0.39 is 53.7 Å². The summed E-state index contributed by atoms with van der Waals surface area (Å²) >= 11 is 0. The average molecular weight is 673 g/mol. The van der Waals surface area contributed by atoms with Crippen LogP contribution in [-0.2, 0) is 32.0 Å². The van der Waals surface area contributed by atoms with Crippen LogP contribution in [0.1, 0.15) is 34.3 Å². The van der Waals surface area contributed by atoms with Crippen molar-refractivity contribution in [2.75, 3.05) is 18.8 Å². The van der Waals surface area contributed by atoms with Gasteiger partial charge < -0.3 is 49.9 Å². The number of guanidine groups is 1. The lowest BCUT2D eigenvalue weighted by Gasteiger charge is -2.26. The fourth-order valence-electron chi connectivity index (χ4n) is 4.83. The Morgan fingerprint density at radius 3 is 1.78 bits per heavy atom. The quantitative estimate of drug-likeness (QED) is 0.0339. The molecule has 0 aliphatic rings. The molecular formula is C34H44N10O5. The van der Waals surface area contributed by atoms with E-state index in [0.717, 1.165) is 5.56 Å². The van der Waals surface area contributed by atoms with Crippen LogP contribution in [0.3, 0.4) is 0 Å². The SMILES string of the molecule is NC(=O)C(CNC(=O)c1ccccc1N)NC(=O)C(Cc1ccccc1)NC(=O)C(CCCN=C(N)N)NC(=O)C(N)Cc1ccccc1. The lowest BCUT2D eigenvalue weighted by Crippen LogP contribution is -2.59. The van der Waals surface area contributed by atoms with E-state index in [0.29, 0.717) is 12.0 Å². The first kappa shape index (κ1) is 37.5. The first-order valence-electron chi connectivity index (χ1n) is 15.7. The number of carbonyl (C=O) groups is 5. The number of benzene rings is 3. The minimum absolute atomic E-state index is 0.0268. The first-order valence-corrected chi connectivity index (χ1v) is 15.7. The third kappa shape index (κ3) is 12.6. The molecule has 4 atom stereocenters. The highest BCUT2D eigenvalue weighted by Crippen LogP contribution is 2.10. The standard InChI is InChI=1S/C34H44N10O5/c35-24-15-8-7-14-23(24)30(46)41-20-28(29(37)45)44-33(49)27(19-22-12-5-2-6-13-22)43-32(48)26(16-9-17-40-34(38)39)42-31(47)25(36)18-21-10-3-1-4-11-21/h1-8,10-15,25-28H,9,16-20,35-36H2,(H2,37,45)(H,41,46)(H,42,47)(H,43,48)(H,44,49)(H4,38,39,40). The molecule has 15 heteroatoms. The largest absolute Gasteiger partial charge is 0.398 e. The van der Waals surface area contributed by atoms with E-state index in [9.17, 15) is 24.0 Å². The number of nitrogen functional groups attached to an aromatic ring is 1. The van der Waals surface area contributed by atoms with E-state index in [-0.39, 0.29) is 49.6 Å². The molecule has 0 saturated heterocycles. The fraction of sp³-hybridized carbons (Fsp3) is 0.294. The van der Waals surface area contributed by atoms with Crippen LogP contribution in [0.4, 0.5) is 5.69 Å². The maximum atomic E-state index is 13.7. The van der Waals surface area contributed by atoms with Crippen molar-refractivity contribution in [2.45, 2.75) is 49.9 Å². The number of amides is 5. The molecule has 0 aliphatic heterocycles. The van der Waals surface area contributed by atoms with Crippen LogP contribution >= 0.6 is 0 Å². The van der Waals surface area contributed by atoms with Crippen molar-refractivity contribution < 1.29 is 24.0 Å². The van der Waals surface area contributed by atoms with Crippen molar-refractivity contribution >= 4 is 41.2 Å². The van der Waals surface area contributed by atoms with E-state index in [1.807, 2.05) is 30.3 Å². The summed E-state index contributed by atoms with van der Waals surface area (Å²) in [5.41, 5.74) is 30.4. The van der Waals surface area contributed by atoms with E-state index in [1.54, 1.807) is 48.5 Å². The van der Waals surface area contributed by atoms with Gasteiger partial charge in [0.05, 0.1) is 11.6 Å². The monoisotopic (exact) mass is 672 g/mol. The van der Waals surface area contributed by atoms with Gasteiger partial charge in [-0.2, -0.15) is 0 Å². The summed E-state index contributed by atoms with van der Waals surface area (Å²) in [4.78, 5) is 69.4. The van der Waals surface area contributed by atoms with Gasteiger partial charge in [0.15, 0.2) is 5.96 Å². The Bertz CT molecular complexity index is 1600. The van der Waals surface area contributed by atoms with Gasteiger partial charge in [-0.25, -0.2) is 0 Å². The van der Waals surface area contributed by atoms with Crippen LogP contribution in [0, 0.1) is 0 Å². The summed E-state index contributed by atoms with van der Waals surface area (Å²) < 4.78 is 0. The number of aliphatic imine (C=N–C) groups is 1. The molecular weight excluding hydrogens is 628 g/mol. The number of anilines is 1. The minimum atomic E-state index is -1.33. The summed E-state index contributed by atoms with van der Waals surface area (Å²) in [6, 6.07) is 19.8. The van der Waals surface area contributed by atoms with Gasteiger partial charge in [-0.15, -0.1) is 0 Å². The molecule has 0 spiro atoms. The average Bonchev–Trinajstić information content (AvgIpc) is 3.08. The predicted octanol–water partition coefficient (Wildman–Crippen LogP) is -1.20. The highest BCUT2D eigenvalue weighted by atomic mass is 16.2. The molecule has 3 aromatic rings. The molecule has 3 rings (SSSR count). The Morgan fingerprint density at radius 1 is 0.653 bits per heavy atom. The zero-order valence-electron chi connectivity index (χ0n) is 27.0. The topological polar surface area (TPSA) is 276 Å². The van der Waals surface area contributed by atoms with Crippen LogP contribution in [0.15, 0.2) is 89.9 Å². The summed E-state index contributed by atoms with van der Waals surface area (Å²) in [5.74, 6) is -3.61. The molecule has 14 N–H and O–H groups in total. The van der Waals surface area contributed by atoms with Crippen LogP contribution in [0.5, 0.6) is 0 Å². The lowest BCUT2D eigenvalue weighted by molar-refractivity contribution is -0.133. The van der Waals surface area contributed by atoms with Crippen molar-refractivity contribution in [2.24, 2.45) is 27.9 Å². The first-order chi connectivity index (χ1) is 23.4. The van der Waals surface area contributed by atoms with Crippen molar-refractivity contribution in [3.05, 3.63) is 102 Å². The number of nitrogens with one attached hydrogen (secondary N) is 4. The Balaban J connectivity index is 1.77. The molecule has 0 saturated carbocycles. The molecule has 0 aliphatic carbocycles. The maximum absolute atomic E-state index is 13.7. The number of para-hydroxylation sites is 1. The van der Waals surface area contributed by atoms with Gasteiger partial charge in [0.1, 0.15) is 18.1 Å². The number of carbonyl (C=O) groups excluding carboxylic acids is 5. The smallest absolute Gasteiger partial charge is 0.253 e. The molecule has 5 amide bonds. The number of hydrogen-bond acceptors (Lipinski definition) is 8. The van der Waals surface area contributed by atoms with Crippen LogP contribution in [0.25, 0.3) is 0 Å². The van der Waals surface area contributed by atoms with Gasteiger partial charge >= 0.3 is 0 Å². The van der Waals surface area contributed by atoms with Gasteiger partial charge in [-0.1, -0.05) is 72.8 Å². The molecule has 3 aromatic carbocycles. The summed E-state index contributed by atoms with van der Waals surface area (Å²) in [6.07, 6.45) is 0.689. The highest BCUT2D eigenvalue weighted by molar-refractivity contribution is 6.00. The third-order valence-electron chi connectivity index (χ3n) is 7.46. The predicted molar refractivity (Wildman–Crippen MR) is 186 cm³/mol. The minimum Gasteiger partial charge on any atom is -0.398 e. The lowest BCUT2D eigenvalue weighted by atomic mass is 10.0. The van der Waals surface area contributed by atoms with E-state index in [1.165, 1.54) is 6.07 Å².